The fourth-order valence-electron chi connectivity index (χ4n) is 4.61. The van der Waals surface area contributed by atoms with E-state index in [4.69, 9.17) is 11.6 Å². The number of hydrogen-bond acceptors (Lipinski definition) is 4. The van der Waals surface area contributed by atoms with Crippen LogP contribution in [-0.4, -0.2) is 40.2 Å². The standard InChI is InChI=1S/C27H25ClN4O2/c28-23-15-7-6-14-22(23)24(31-16-8-9-17-31)18-29-26(33)25-20-12-4-5-13-21(20)27(34)32(30-25)19-10-2-1-3-11-19/h1-7,10-15,24H,8-9,16-18H2,(H,29,33)/t24-/m0/s1. The first kappa shape index (κ1) is 22.3. The molecule has 34 heavy (non-hydrogen) atoms. The number of likely N-dealkylation sites (tertiary alicyclic amines) is 1. The first-order valence-electron chi connectivity index (χ1n) is 11.5. The van der Waals surface area contributed by atoms with Gasteiger partial charge in [0.25, 0.3) is 11.5 Å². The Balaban J connectivity index is 1.50. The van der Waals surface area contributed by atoms with Crippen LogP contribution in [0.25, 0.3) is 16.5 Å². The second kappa shape index (κ2) is 9.79. The SMILES string of the molecule is O=C(NC[C@@H](c1ccccc1Cl)N1CCCC1)c1nn(-c2ccccc2)c(=O)c2ccccc12. The van der Waals surface area contributed by atoms with Gasteiger partial charge in [-0.2, -0.15) is 9.78 Å². The number of benzene rings is 3. The topological polar surface area (TPSA) is 67.2 Å². The van der Waals surface area contributed by atoms with Crippen LogP contribution < -0.4 is 10.9 Å². The number of nitrogens with zero attached hydrogens (tertiary/aromatic N) is 3. The predicted molar refractivity (Wildman–Crippen MR) is 135 cm³/mol. The number of hydrogen-bond donors (Lipinski definition) is 1. The highest BCUT2D eigenvalue weighted by atomic mass is 35.5. The Morgan fingerprint density at radius 3 is 2.29 bits per heavy atom. The van der Waals surface area contributed by atoms with Gasteiger partial charge in [0, 0.05) is 17.0 Å². The molecule has 0 unspecified atom stereocenters. The minimum atomic E-state index is -0.322. The Morgan fingerprint density at radius 1 is 0.912 bits per heavy atom. The summed E-state index contributed by atoms with van der Waals surface area (Å²) in [5.74, 6) is -0.322. The third kappa shape index (κ3) is 4.34. The minimum Gasteiger partial charge on any atom is -0.349 e. The first-order chi connectivity index (χ1) is 16.6. The monoisotopic (exact) mass is 472 g/mol. The summed E-state index contributed by atoms with van der Waals surface area (Å²) in [7, 11) is 0. The molecule has 6 nitrogen and oxygen atoms in total. The number of carbonyl (C=O) groups excluding carboxylic acids is 1. The molecule has 1 fully saturated rings. The summed E-state index contributed by atoms with van der Waals surface area (Å²) >= 11 is 6.52. The normalized spacial score (nSPS) is 14.9. The molecule has 1 aromatic heterocycles. The second-order valence-corrected chi connectivity index (χ2v) is 8.84. The Kier molecular flexibility index (Phi) is 6.43. The molecular weight excluding hydrogens is 448 g/mol. The number of aromatic nitrogens is 2. The van der Waals surface area contributed by atoms with E-state index in [1.54, 1.807) is 30.3 Å². The van der Waals surface area contributed by atoms with E-state index in [0.717, 1.165) is 31.5 Å². The highest BCUT2D eigenvalue weighted by Gasteiger charge is 2.26. The number of nitrogens with one attached hydrogen (secondary N) is 1. The van der Waals surface area contributed by atoms with Gasteiger partial charge in [-0.15, -0.1) is 0 Å². The van der Waals surface area contributed by atoms with Crippen LogP contribution in [0.5, 0.6) is 0 Å². The summed E-state index contributed by atoms with van der Waals surface area (Å²) in [6.07, 6.45) is 2.26. The van der Waals surface area contributed by atoms with Gasteiger partial charge in [-0.1, -0.05) is 66.2 Å². The summed E-state index contributed by atoms with van der Waals surface area (Å²) in [6.45, 7) is 2.32. The van der Waals surface area contributed by atoms with Crippen LogP contribution in [-0.2, 0) is 0 Å². The minimum absolute atomic E-state index is 0.0357. The molecule has 172 valence electrons. The Morgan fingerprint density at radius 2 is 1.56 bits per heavy atom. The van der Waals surface area contributed by atoms with Crippen molar-refractivity contribution < 1.29 is 4.79 Å². The molecule has 5 rings (SSSR count). The zero-order valence-electron chi connectivity index (χ0n) is 18.7. The van der Waals surface area contributed by atoms with Gasteiger partial charge in [0.15, 0.2) is 5.69 Å². The van der Waals surface area contributed by atoms with Crippen LogP contribution in [0.15, 0.2) is 83.7 Å². The van der Waals surface area contributed by atoms with E-state index >= 15 is 0 Å². The van der Waals surface area contributed by atoms with Crippen molar-refractivity contribution in [2.24, 2.45) is 0 Å². The average Bonchev–Trinajstić information content (AvgIpc) is 3.41. The molecule has 3 aromatic carbocycles. The van der Waals surface area contributed by atoms with Crippen LogP contribution in [0.3, 0.4) is 0 Å². The Hall–Kier alpha value is -3.48. The van der Waals surface area contributed by atoms with Crippen molar-refractivity contribution in [3.8, 4) is 5.69 Å². The molecule has 0 spiro atoms. The van der Waals surface area contributed by atoms with Crippen molar-refractivity contribution in [2.45, 2.75) is 18.9 Å². The van der Waals surface area contributed by atoms with Crippen LogP contribution in [0.4, 0.5) is 0 Å². The molecule has 7 heteroatoms. The van der Waals surface area contributed by atoms with Gasteiger partial charge in [-0.05, 0) is 55.8 Å². The van der Waals surface area contributed by atoms with Crippen LogP contribution in [0.2, 0.25) is 5.02 Å². The molecule has 1 N–H and O–H groups in total. The summed E-state index contributed by atoms with van der Waals surface area (Å²) in [5, 5.41) is 9.24. The quantitative estimate of drug-likeness (QED) is 0.445. The van der Waals surface area contributed by atoms with Gasteiger partial charge >= 0.3 is 0 Å². The highest BCUT2D eigenvalue weighted by molar-refractivity contribution is 6.31. The van der Waals surface area contributed by atoms with E-state index in [2.05, 4.69) is 15.3 Å². The molecule has 0 saturated carbocycles. The molecule has 2 heterocycles. The Bertz CT molecular complexity index is 1380. The van der Waals surface area contributed by atoms with Gasteiger partial charge in [0.05, 0.1) is 17.1 Å². The number of carbonyl (C=O) groups is 1. The molecule has 1 aliphatic heterocycles. The highest BCUT2D eigenvalue weighted by Crippen LogP contribution is 2.30. The van der Waals surface area contributed by atoms with Gasteiger partial charge < -0.3 is 5.32 Å². The summed E-state index contributed by atoms with van der Waals surface area (Å²) in [4.78, 5) is 28.9. The molecule has 1 aliphatic rings. The largest absolute Gasteiger partial charge is 0.349 e. The van der Waals surface area contributed by atoms with E-state index in [-0.39, 0.29) is 23.2 Å². The molecule has 4 aromatic rings. The van der Waals surface area contributed by atoms with Crippen molar-refractivity contribution >= 4 is 28.3 Å². The van der Waals surface area contributed by atoms with Crippen molar-refractivity contribution in [1.29, 1.82) is 0 Å². The lowest BCUT2D eigenvalue weighted by Gasteiger charge is -2.29. The van der Waals surface area contributed by atoms with Crippen LogP contribution in [0.1, 0.15) is 34.9 Å². The summed E-state index contributed by atoms with van der Waals surface area (Å²) < 4.78 is 1.29. The maximum absolute atomic E-state index is 13.4. The van der Waals surface area contributed by atoms with E-state index < -0.39 is 0 Å². The third-order valence-electron chi connectivity index (χ3n) is 6.32. The fraction of sp³-hybridized carbons (Fsp3) is 0.222. The van der Waals surface area contributed by atoms with E-state index in [1.807, 2.05) is 48.5 Å². The third-order valence-corrected chi connectivity index (χ3v) is 6.67. The van der Waals surface area contributed by atoms with Gasteiger partial charge in [0.2, 0.25) is 0 Å². The maximum atomic E-state index is 13.4. The number of para-hydroxylation sites is 1. The zero-order chi connectivity index (χ0) is 23.5. The second-order valence-electron chi connectivity index (χ2n) is 8.44. The molecule has 1 saturated heterocycles. The van der Waals surface area contributed by atoms with Gasteiger partial charge in [0.1, 0.15) is 0 Å². The number of rotatable bonds is 6. The van der Waals surface area contributed by atoms with Crippen LogP contribution in [0, 0.1) is 0 Å². The zero-order valence-corrected chi connectivity index (χ0v) is 19.4. The van der Waals surface area contributed by atoms with Crippen molar-refractivity contribution in [3.05, 3.63) is 105 Å². The van der Waals surface area contributed by atoms with Crippen LogP contribution >= 0.6 is 11.6 Å². The molecule has 0 aliphatic carbocycles. The van der Waals surface area contributed by atoms with Gasteiger partial charge in [-0.3, -0.25) is 14.5 Å². The van der Waals surface area contributed by atoms with Crippen molar-refractivity contribution in [2.75, 3.05) is 19.6 Å². The lowest BCUT2D eigenvalue weighted by Crippen LogP contribution is -2.38. The smallest absolute Gasteiger partial charge is 0.279 e. The molecule has 0 bridgehead atoms. The molecule has 0 radical (unpaired) electrons. The van der Waals surface area contributed by atoms with E-state index in [9.17, 15) is 9.59 Å². The predicted octanol–water partition coefficient (Wildman–Crippen LogP) is 4.61. The average molecular weight is 473 g/mol. The van der Waals surface area contributed by atoms with Crippen molar-refractivity contribution in [3.63, 3.8) is 0 Å². The summed E-state index contributed by atoms with van der Waals surface area (Å²) in [6, 6.07) is 24.0. The number of halogens is 1. The molecular formula is C27H25ClN4O2. The van der Waals surface area contributed by atoms with E-state index in [1.165, 1.54) is 4.68 Å². The summed E-state index contributed by atoms with van der Waals surface area (Å²) in [5.41, 5.74) is 1.57. The molecule has 1 amide bonds. The number of fused-ring (bicyclic) bond motifs is 1. The maximum Gasteiger partial charge on any atom is 0.279 e. The Labute approximate surface area is 202 Å². The molecule has 1 atom stereocenters. The lowest BCUT2D eigenvalue weighted by atomic mass is 10.0. The fourth-order valence-corrected chi connectivity index (χ4v) is 4.87. The van der Waals surface area contributed by atoms with Crippen molar-refractivity contribution in [1.82, 2.24) is 20.0 Å². The van der Waals surface area contributed by atoms with E-state index in [0.29, 0.717) is 28.0 Å². The first-order valence-corrected chi connectivity index (χ1v) is 11.9. The number of amides is 1. The van der Waals surface area contributed by atoms with Gasteiger partial charge in [-0.25, -0.2) is 0 Å². The lowest BCUT2D eigenvalue weighted by molar-refractivity contribution is 0.0933.